The fraction of sp³-hybridized carbons (Fsp3) is 0.250. The number of nitrogens with zero attached hydrogens (tertiary/aromatic N) is 2. The Labute approximate surface area is 116 Å². The van der Waals surface area contributed by atoms with Crippen LogP contribution in [0.4, 0.5) is 13.2 Å². The van der Waals surface area contributed by atoms with Crippen molar-refractivity contribution in [2.45, 2.75) is 13.1 Å². The second kappa shape index (κ2) is 5.24. The SMILES string of the molecule is CCOC(=O)c1nc(Cl)nc2ccc(C(F)(F)F)cc12. The van der Waals surface area contributed by atoms with Crippen LogP contribution in [0, 0.1) is 0 Å². The van der Waals surface area contributed by atoms with Crippen LogP contribution in [-0.2, 0) is 10.9 Å². The highest BCUT2D eigenvalue weighted by molar-refractivity contribution is 6.29. The first-order valence-electron chi connectivity index (χ1n) is 5.54. The molecule has 20 heavy (non-hydrogen) atoms. The zero-order valence-electron chi connectivity index (χ0n) is 10.2. The molecule has 0 spiro atoms. The molecule has 1 aromatic carbocycles. The highest BCUT2D eigenvalue weighted by Crippen LogP contribution is 2.32. The minimum absolute atomic E-state index is 0.0531. The number of halogens is 4. The van der Waals surface area contributed by atoms with E-state index >= 15 is 0 Å². The Kier molecular flexibility index (Phi) is 3.80. The van der Waals surface area contributed by atoms with Crippen molar-refractivity contribution in [3.8, 4) is 0 Å². The standard InChI is InChI=1S/C12H8ClF3N2O2/c1-2-20-10(19)9-7-5-6(12(14,15)16)3-4-8(7)17-11(13)18-9/h3-5H,2H2,1H3. The number of benzene rings is 1. The summed E-state index contributed by atoms with van der Waals surface area (Å²) in [4.78, 5) is 19.2. The number of ether oxygens (including phenoxy) is 1. The van der Waals surface area contributed by atoms with Gasteiger partial charge in [0.1, 0.15) is 0 Å². The first kappa shape index (κ1) is 14.5. The lowest BCUT2D eigenvalue weighted by Crippen LogP contribution is -2.10. The molecule has 0 saturated carbocycles. The maximum atomic E-state index is 12.7. The second-order valence-electron chi connectivity index (χ2n) is 3.79. The van der Waals surface area contributed by atoms with Crippen LogP contribution in [0.1, 0.15) is 23.0 Å². The molecule has 1 aromatic heterocycles. The Bertz CT molecular complexity index is 674. The maximum absolute atomic E-state index is 12.7. The number of hydrogen-bond acceptors (Lipinski definition) is 4. The molecule has 2 aromatic rings. The number of carbonyl (C=O) groups excluding carboxylic acids is 1. The van der Waals surface area contributed by atoms with Crippen molar-refractivity contribution in [3.05, 3.63) is 34.7 Å². The molecule has 0 saturated heterocycles. The van der Waals surface area contributed by atoms with Crippen molar-refractivity contribution in [1.82, 2.24) is 9.97 Å². The quantitative estimate of drug-likeness (QED) is 0.629. The predicted octanol–water partition coefficient (Wildman–Crippen LogP) is 3.48. The van der Waals surface area contributed by atoms with Crippen LogP contribution >= 0.6 is 11.6 Å². The molecule has 2 rings (SSSR count). The van der Waals surface area contributed by atoms with Gasteiger partial charge < -0.3 is 4.74 Å². The number of fused-ring (bicyclic) bond motifs is 1. The maximum Gasteiger partial charge on any atom is 0.416 e. The molecule has 0 bridgehead atoms. The summed E-state index contributed by atoms with van der Waals surface area (Å²) in [5.41, 5.74) is -1.05. The summed E-state index contributed by atoms with van der Waals surface area (Å²) in [6, 6.07) is 2.80. The van der Waals surface area contributed by atoms with Crippen LogP contribution in [0.3, 0.4) is 0 Å². The van der Waals surface area contributed by atoms with E-state index in [1.165, 1.54) is 0 Å². The molecule has 106 valence electrons. The molecule has 8 heteroatoms. The van der Waals surface area contributed by atoms with E-state index in [-0.39, 0.29) is 28.5 Å². The van der Waals surface area contributed by atoms with Gasteiger partial charge in [0.05, 0.1) is 17.7 Å². The molecule has 0 atom stereocenters. The van der Waals surface area contributed by atoms with Crippen LogP contribution in [0.15, 0.2) is 18.2 Å². The summed E-state index contributed by atoms with van der Waals surface area (Å²) >= 11 is 5.65. The van der Waals surface area contributed by atoms with E-state index in [9.17, 15) is 18.0 Å². The molecule has 1 heterocycles. The minimum atomic E-state index is -4.53. The van der Waals surface area contributed by atoms with Crippen molar-refractivity contribution >= 4 is 28.5 Å². The van der Waals surface area contributed by atoms with Gasteiger partial charge in [0.2, 0.25) is 5.28 Å². The lowest BCUT2D eigenvalue weighted by atomic mass is 10.1. The number of esters is 1. The number of carbonyl (C=O) groups is 1. The Morgan fingerprint density at radius 2 is 2.05 bits per heavy atom. The highest BCUT2D eigenvalue weighted by Gasteiger charge is 2.31. The third kappa shape index (κ3) is 2.82. The molecule has 0 aliphatic carbocycles. The molecule has 0 unspecified atom stereocenters. The van der Waals surface area contributed by atoms with Gasteiger partial charge in [-0.05, 0) is 36.7 Å². The summed E-state index contributed by atoms with van der Waals surface area (Å²) in [6.07, 6.45) is -4.53. The smallest absolute Gasteiger partial charge is 0.416 e. The van der Waals surface area contributed by atoms with E-state index in [0.717, 1.165) is 18.2 Å². The molecule has 0 aliphatic heterocycles. The Balaban J connectivity index is 2.68. The number of aromatic nitrogens is 2. The number of rotatable bonds is 2. The lowest BCUT2D eigenvalue weighted by Gasteiger charge is -2.09. The largest absolute Gasteiger partial charge is 0.461 e. The van der Waals surface area contributed by atoms with Gasteiger partial charge in [0, 0.05) is 5.39 Å². The van der Waals surface area contributed by atoms with E-state index in [4.69, 9.17) is 16.3 Å². The fourth-order valence-corrected chi connectivity index (χ4v) is 1.81. The summed E-state index contributed by atoms with van der Waals surface area (Å²) < 4.78 is 42.8. The monoisotopic (exact) mass is 304 g/mol. The van der Waals surface area contributed by atoms with Gasteiger partial charge in [-0.15, -0.1) is 0 Å². The van der Waals surface area contributed by atoms with Crippen LogP contribution in [0.25, 0.3) is 10.9 Å². The Hall–Kier alpha value is -1.89. The Morgan fingerprint density at radius 1 is 1.35 bits per heavy atom. The molecule has 0 N–H and O–H groups in total. The molecular weight excluding hydrogens is 297 g/mol. The van der Waals surface area contributed by atoms with Crippen molar-refractivity contribution in [2.24, 2.45) is 0 Å². The summed E-state index contributed by atoms with van der Waals surface area (Å²) in [5, 5.41) is -0.289. The second-order valence-corrected chi connectivity index (χ2v) is 4.13. The predicted molar refractivity (Wildman–Crippen MR) is 65.5 cm³/mol. The van der Waals surface area contributed by atoms with Crippen molar-refractivity contribution < 1.29 is 22.7 Å². The van der Waals surface area contributed by atoms with E-state index in [2.05, 4.69) is 9.97 Å². The van der Waals surface area contributed by atoms with Crippen LogP contribution < -0.4 is 0 Å². The molecular formula is C12H8ClF3N2O2. The van der Waals surface area contributed by atoms with Crippen LogP contribution in [-0.4, -0.2) is 22.5 Å². The van der Waals surface area contributed by atoms with Gasteiger partial charge in [0.25, 0.3) is 0 Å². The number of hydrogen-bond donors (Lipinski definition) is 0. The minimum Gasteiger partial charge on any atom is -0.461 e. The van der Waals surface area contributed by atoms with Crippen LogP contribution in [0.2, 0.25) is 5.28 Å². The zero-order valence-corrected chi connectivity index (χ0v) is 10.9. The summed E-state index contributed by atoms with van der Waals surface area (Å²) in [5.74, 6) is -0.846. The molecule has 0 amide bonds. The topological polar surface area (TPSA) is 52.1 Å². The number of alkyl halides is 3. The van der Waals surface area contributed by atoms with Gasteiger partial charge in [-0.3, -0.25) is 0 Å². The highest BCUT2D eigenvalue weighted by atomic mass is 35.5. The van der Waals surface area contributed by atoms with Gasteiger partial charge in [-0.2, -0.15) is 13.2 Å². The first-order chi connectivity index (χ1) is 9.32. The van der Waals surface area contributed by atoms with Crippen molar-refractivity contribution in [3.63, 3.8) is 0 Å². The van der Waals surface area contributed by atoms with E-state index in [1.807, 2.05) is 0 Å². The van der Waals surface area contributed by atoms with Gasteiger partial charge in [-0.1, -0.05) is 0 Å². The lowest BCUT2D eigenvalue weighted by molar-refractivity contribution is -0.137. The normalized spacial score (nSPS) is 11.7. The first-order valence-corrected chi connectivity index (χ1v) is 5.92. The molecule has 0 aliphatic rings. The summed E-state index contributed by atoms with van der Waals surface area (Å²) in [7, 11) is 0. The van der Waals surface area contributed by atoms with Crippen molar-refractivity contribution in [1.29, 1.82) is 0 Å². The van der Waals surface area contributed by atoms with E-state index in [0.29, 0.717) is 0 Å². The average Bonchev–Trinajstić information content (AvgIpc) is 2.36. The molecule has 0 radical (unpaired) electrons. The third-order valence-corrected chi connectivity index (χ3v) is 2.63. The van der Waals surface area contributed by atoms with E-state index in [1.54, 1.807) is 6.92 Å². The molecule has 4 nitrogen and oxygen atoms in total. The van der Waals surface area contributed by atoms with Crippen molar-refractivity contribution in [2.75, 3.05) is 6.61 Å². The van der Waals surface area contributed by atoms with Crippen LogP contribution in [0.5, 0.6) is 0 Å². The van der Waals surface area contributed by atoms with Gasteiger partial charge in [-0.25, -0.2) is 14.8 Å². The molecule has 0 fully saturated rings. The van der Waals surface area contributed by atoms with Gasteiger partial charge >= 0.3 is 12.1 Å². The Morgan fingerprint density at radius 3 is 2.65 bits per heavy atom. The fourth-order valence-electron chi connectivity index (χ4n) is 1.63. The average molecular weight is 305 g/mol. The van der Waals surface area contributed by atoms with Gasteiger partial charge in [0.15, 0.2) is 5.69 Å². The summed E-state index contributed by atoms with van der Waals surface area (Å²) in [6.45, 7) is 1.64. The van der Waals surface area contributed by atoms with E-state index < -0.39 is 17.7 Å². The zero-order chi connectivity index (χ0) is 14.9. The third-order valence-electron chi connectivity index (χ3n) is 2.46.